The summed E-state index contributed by atoms with van der Waals surface area (Å²) in [5.74, 6) is 0.614. The third-order valence-electron chi connectivity index (χ3n) is 12.0. The molecular weight excluding hydrogens is 729 g/mol. The Morgan fingerprint density at radius 3 is 1.42 bits per heavy atom. The Morgan fingerprint density at radius 2 is 0.733 bits per heavy atom. The van der Waals surface area contributed by atoms with Crippen molar-refractivity contribution in [3.8, 4) is 33.7 Å². The van der Waals surface area contributed by atoms with Gasteiger partial charge in [-0.05, 0) is 161 Å². The molecule has 3 heteroatoms. The Labute approximate surface area is 347 Å². The van der Waals surface area contributed by atoms with Crippen LogP contribution in [0.15, 0.2) is 223 Å². The van der Waals surface area contributed by atoms with Crippen molar-refractivity contribution in [2.75, 3.05) is 4.90 Å². The second-order valence-corrected chi connectivity index (χ2v) is 15.6. The maximum Gasteiger partial charge on any atom is 0.227 e. The predicted octanol–water partition coefficient (Wildman–Crippen LogP) is 16.1. The smallest absolute Gasteiger partial charge is 0.227 e. The average Bonchev–Trinajstić information content (AvgIpc) is 3.76. The first kappa shape index (κ1) is 34.1. The Balaban J connectivity index is 0.928. The van der Waals surface area contributed by atoms with Gasteiger partial charge < -0.3 is 9.32 Å². The van der Waals surface area contributed by atoms with Gasteiger partial charge in [0.25, 0.3) is 0 Å². The fourth-order valence-electron chi connectivity index (χ4n) is 8.86. The van der Waals surface area contributed by atoms with Gasteiger partial charge in [-0.2, -0.15) is 0 Å². The molecule has 0 unspecified atom stereocenters. The van der Waals surface area contributed by atoms with Crippen molar-refractivity contribution in [2.24, 2.45) is 0 Å². The highest BCUT2D eigenvalue weighted by atomic mass is 16.3. The molecule has 0 saturated heterocycles. The highest BCUT2D eigenvalue weighted by Gasteiger charge is 2.16. The van der Waals surface area contributed by atoms with Gasteiger partial charge in [0.15, 0.2) is 5.58 Å². The van der Waals surface area contributed by atoms with Crippen molar-refractivity contribution in [1.29, 1.82) is 0 Å². The van der Waals surface area contributed by atoms with Gasteiger partial charge in [-0.1, -0.05) is 133 Å². The Bertz CT molecular complexity index is 3590. The van der Waals surface area contributed by atoms with Crippen molar-refractivity contribution in [1.82, 2.24) is 4.98 Å². The summed E-state index contributed by atoms with van der Waals surface area (Å²) >= 11 is 0. The summed E-state index contributed by atoms with van der Waals surface area (Å²) in [4.78, 5) is 7.10. The molecule has 0 aliphatic heterocycles. The van der Waals surface area contributed by atoms with Gasteiger partial charge in [-0.15, -0.1) is 0 Å². The lowest BCUT2D eigenvalue weighted by atomic mass is 9.96. The Morgan fingerprint density at radius 1 is 0.300 bits per heavy atom. The minimum Gasteiger partial charge on any atom is -0.436 e. The lowest BCUT2D eigenvalue weighted by Gasteiger charge is -2.26. The van der Waals surface area contributed by atoms with Crippen LogP contribution in [0.5, 0.6) is 0 Å². The molecule has 12 aromatic rings. The van der Waals surface area contributed by atoms with E-state index in [1.54, 1.807) is 0 Å². The Kier molecular flexibility index (Phi) is 7.85. The molecule has 12 rings (SSSR count). The maximum atomic E-state index is 6.14. The molecule has 0 fully saturated rings. The minimum atomic E-state index is 0.614. The molecule has 1 aromatic heterocycles. The number of rotatable bonds is 6. The first-order valence-corrected chi connectivity index (χ1v) is 20.4. The molecule has 0 amide bonds. The summed E-state index contributed by atoms with van der Waals surface area (Å²) in [6.45, 7) is 0. The average molecular weight is 765 g/mol. The highest BCUT2D eigenvalue weighted by Crippen LogP contribution is 2.40. The Hall–Kier alpha value is -8.01. The van der Waals surface area contributed by atoms with Crippen LogP contribution >= 0.6 is 0 Å². The largest absolute Gasteiger partial charge is 0.436 e. The van der Waals surface area contributed by atoms with E-state index in [1.165, 1.54) is 76.1 Å². The summed E-state index contributed by atoms with van der Waals surface area (Å²) in [5.41, 5.74) is 10.6. The predicted molar refractivity (Wildman–Crippen MR) is 253 cm³/mol. The van der Waals surface area contributed by atoms with Crippen LogP contribution in [-0.4, -0.2) is 4.98 Å². The third kappa shape index (κ3) is 5.95. The molecule has 0 atom stereocenters. The number of oxazole rings is 1. The molecule has 0 radical (unpaired) electrons. The summed E-state index contributed by atoms with van der Waals surface area (Å²) in [6.07, 6.45) is 0. The lowest BCUT2D eigenvalue weighted by Crippen LogP contribution is -2.10. The second-order valence-electron chi connectivity index (χ2n) is 15.6. The molecule has 0 saturated carbocycles. The summed E-state index contributed by atoms with van der Waals surface area (Å²) in [6, 6.07) is 78.7. The number of nitrogens with zero attached hydrogens (tertiary/aromatic N) is 2. The van der Waals surface area contributed by atoms with E-state index in [-0.39, 0.29) is 0 Å². The SMILES string of the molecule is c1ccc2cc(-c3ccc4cc(N(c5ccc(-c6nc7ccccc7o6)cc5)c5ccc6cc(-c7ccc8c(ccc9ccccc98)c7)ccc6c5)ccc4c3)ccc2c1. The number of hydrogen-bond donors (Lipinski definition) is 0. The monoisotopic (exact) mass is 764 g/mol. The van der Waals surface area contributed by atoms with Crippen LogP contribution in [0, 0.1) is 0 Å². The summed E-state index contributed by atoms with van der Waals surface area (Å²) in [7, 11) is 0. The van der Waals surface area contributed by atoms with Crippen LogP contribution < -0.4 is 4.90 Å². The molecule has 1 heterocycles. The summed E-state index contributed by atoms with van der Waals surface area (Å²) < 4.78 is 6.14. The van der Waals surface area contributed by atoms with Crippen LogP contribution in [0.1, 0.15) is 0 Å². The zero-order valence-electron chi connectivity index (χ0n) is 32.6. The second kappa shape index (κ2) is 13.8. The molecule has 0 N–H and O–H groups in total. The van der Waals surface area contributed by atoms with E-state index < -0.39 is 0 Å². The van der Waals surface area contributed by atoms with Crippen LogP contribution in [-0.2, 0) is 0 Å². The van der Waals surface area contributed by atoms with E-state index in [9.17, 15) is 0 Å². The van der Waals surface area contributed by atoms with Gasteiger partial charge in [0.1, 0.15) is 5.52 Å². The lowest BCUT2D eigenvalue weighted by molar-refractivity contribution is 0.620. The van der Waals surface area contributed by atoms with Gasteiger partial charge in [-0.25, -0.2) is 4.98 Å². The standard InChI is InChI=1S/C57H36N2O/c1-2-9-40-31-41(15-13-37(40)7-1)42-16-18-47-35-51(28-23-44(47)32-42)59(50-26-21-39(22-27-50)57-58-55-11-5-6-12-56(55)60-57)52-29-24-45-33-43(17-19-48(45)36-52)46-25-30-54-49(34-46)20-14-38-8-3-4-10-53(38)54/h1-36H. The number of hydrogen-bond acceptors (Lipinski definition) is 3. The third-order valence-corrected chi connectivity index (χ3v) is 12.0. The van der Waals surface area contributed by atoms with Crippen LogP contribution in [0.25, 0.3) is 98.7 Å². The van der Waals surface area contributed by atoms with E-state index in [0.29, 0.717) is 5.89 Å². The summed E-state index contributed by atoms with van der Waals surface area (Å²) in [5, 5.41) is 12.3. The van der Waals surface area contributed by atoms with Gasteiger partial charge in [0.05, 0.1) is 0 Å². The molecule has 11 aromatic carbocycles. The zero-order chi connectivity index (χ0) is 39.6. The van der Waals surface area contributed by atoms with Crippen molar-refractivity contribution >= 4 is 82.0 Å². The fourth-order valence-corrected chi connectivity index (χ4v) is 8.86. The fraction of sp³-hybridized carbons (Fsp3) is 0. The van der Waals surface area contributed by atoms with Crippen molar-refractivity contribution in [3.63, 3.8) is 0 Å². The van der Waals surface area contributed by atoms with Gasteiger partial charge >= 0.3 is 0 Å². The molecule has 280 valence electrons. The number of fused-ring (bicyclic) bond motifs is 7. The highest BCUT2D eigenvalue weighted by molar-refractivity contribution is 6.08. The zero-order valence-corrected chi connectivity index (χ0v) is 32.6. The van der Waals surface area contributed by atoms with E-state index in [0.717, 1.165) is 33.7 Å². The number of benzene rings is 11. The van der Waals surface area contributed by atoms with Crippen LogP contribution in [0.2, 0.25) is 0 Å². The molecule has 60 heavy (non-hydrogen) atoms. The first-order chi connectivity index (χ1) is 29.7. The van der Waals surface area contributed by atoms with Gasteiger partial charge in [0.2, 0.25) is 5.89 Å². The number of aromatic nitrogens is 1. The molecule has 0 aliphatic rings. The van der Waals surface area contributed by atoms with Crippen LogP contribution in [0.4, 0.5) is 17.1 Å². The first-order valence-electron chi connectivity index (χ1n) is 20.4. The molecular formula is C57H36N2O. The van der Waals surface area contributed by atoms with E-state index >= 15 is 0 Å². The van der Waals surface area contributed by atoms with E-state index in [4.69, 9.17) is 9.40 Å². The van der Waals surface area contributed by atoms with Gasteiger partial charge in [0, 0.05) is 22.6 Å². The number of anilines is 3. The topological polar surface area (TPSA) is 29.3 Å². The van der Waals surface area contributed by atoms with Crippen molar-refractivity contribution in [2.45, 2.75) is 0 Å². The quantitative estimate of drug-likeness (QED) is 0.158. The van der Waals surface area contributed by atoms with Crippen LogP contribution in [0.3, 0.4) is 0 Å². The molecule has 0 spiro atoms. The molecule has 0 bridgehead atoms. The molecule has 3 nitrogen and oxygen atoms in total. The van der Waals surface area contributed by atoms with E-state index in [2.05, 4.69) is 199 Å². The maximum absolute atomic E-state index is 6.14. The molecule has 0 aliphatic carbocycles. The number of para-hydroxylation sites is 2. The van der Waals surface area contributed by atoms with Gasteiger partial charge in [-0.3, -0.25) is 0 Å². The van der Waals surface area contributed by atoms with Crippen molar-refractivity contribution < 1.29 is 4.42 Å². The van der Waals surface area contributed by atoms with Crippen molar-refractivity contribution in [3.05, 3.63) is 218 Å². The normalized spacial score (nSPS) is 11.7. The minimum absolute atomic E-state index is 0.614. The van der Waals surface area contributed by atoms with E-state index in [1.807, 2.05) is 24.3 Å².